The predicted molar refractivity (Wildman–Crippen MR) is 70.9 cm³/mol. The third-order valence-corrected chi connectivity index (χ3v) is 3.02. The maximum Gasteiger partial charge on any atom is 0.207 e. The molecule has 3 nitrogen and oxygen atoms in total. The number of hydrogen-bond acceptors (Lipinski definition) is 2. The van der Waals surface area contributed by atoms with Crippen molar-refractivity contribution < 1.29 is 4.79 Å². The van der Waals surface area contributed by atoms with E-state index in [4.69, 9.17) is 0 Å². The molecule has 1 aromatic carbocycles. The van der Waals surface area contributed by atoms with E-state index in [2.05, 4.69) is 41.8 Å². The highest BCUT2D eigenvalue weighted by Gasteiger charge is 2.09. The summed E-state index contributed by atoms with van der Waals surface area (Å²) in [5.74, 6) is 0.527. The van der Waals surface area contributed by atoms with E-state index in [1.54, 1.807) is 0 Å². The zero-order valence-electron chi connectivity index (χ0n) is 10.7. The minimum Gasteiger partial charge on any atom is -0.359 e. The Morgan fingerprint density at radius 3 is 2.88 bits per heavy atom. The van der Waals surface area contributed by atoms with Crippen LogP contribution in [0.15, 0.2) is 24.3 Å². The van der Waals surface area contributed by atoms with Crippen LogP contribution in [0.4, 0.5) is 0 Å². The van der Waals surface area contributed by atoms with Crippen LogP contribution in [0.1, 0.15) is 36.8 Å². The minimum atomic E-state index is 0.527. The van der Waals surface area contributed by atoms with Crippen molar-refractivity contribution in [3.8, 4) is 0 Å². The molecule has 0 fully saturated rings. The predicted octanol–water partition coefficient (Wildman–Crippen LogP) is 2.04. The van der Waals surface area contributed by atoms with Gasteiger partial charge in [-0.15, -0.1) is 0 Å². The SMILES string of the molecule is CCC(CCNC=O)c1cccc(CNC)c1. The van der Waals surface area contributed by atoms with E-state index in [9.17, 15) is 4.79 Å². The zero-order chi connectivity index (χ0) is 12.5. The van der Waals surface area contributed by atoms with Crippen molar-refractivity contribution in [1.29, 1.82) is 0 Å². The standard InChI is InChI=1S/C14H22N2O/c1-3-13(7-8-16-11-17)14-6-4-5-12(9-14)10-15-2/h4-6,9,11,13,15H,3,7-8,10H2,1-2H3,(H,16,17). The van der Waals surface area contributed by atoms with Gasteiger partial charge in [-0.2, -0.15) is 0 Å². The normalized spacial score (nSPS) is 12.1. The Morgan fingerprint density at radius 2 is 2.24 bits per heavy atom. The number of carbonyl (C=O) groups is 1. The first-order chi connectivity index (χ1) is 8.31. The lowest BCUT2D eigenvalue weighted by Crippen LogP contribution is -2.15. The quantitative estimate of drug-likeness (QED) is 0.534. The summed E-state index contributed by atoms with van der Waals surface area (Å²) in [6.45, 7) is 3.84. The minimum absolute atomic E-state index is 0.527. The number of rotatable bonds is 8. The molecule has 0 aliphatic heterocycles. The summed E-state index contributed by atoms with van der Waals surface area (Å²) in [7, 11) is 1.96. The molecule has 0 bridgehead atoms. The Kier molecular flexibility index (Phi) is 6.33. The van der Waals surface area contributed by atoms with Crippen molar-refractivity contribution >= 4 is 6.41 Å². The molecule has 0 saturated heterocycles. The van der Waals surface area contributed by atoms with Crippen LogP contribution in [0.2, 0.25) is 0 Å². The fourth-order valence-electron chi connectivity index (χ4n) is 2.08. The van der Waals surface area contributed by atoms with Crippen LogP contribution in [-0.4, -0.2) is 20.0 Å². The molecule has 1 aromatic rings. The lowest BCUT2D eigenvalue weighted by atomic mass is 9.92. The highest BCUT2D eigenvalue weighted by molar-refractivity contribution is 5.45. The molecule has 0 saturated carbocycles. The van der Waals surface area contributed by atoms with Crippen molar-refractivity contribution in [2.45, 2.75) is 32.2 Å². The molecule has 3 heteroatoms. The van der Waals surface area contributed by atoms with Gasteiger partial charge >= 0.3 is 0 Å². The smallest absolute Gasteiger partial charge is 0.207 e. The summed E-state index contributed by atoms with van der Waals surface area (Å²) >= 11 is 0. The van der Waals surface area contributed by atoms with Crippen LogP contribution in [0, 0.1) is 0 Å². The van der Waals surface area contributed by atoms with Gasteiger partial charge in [-0.1, -0.05) is 31.2 Å². The van der Waals surface area contributed by atoms with E-state index in [1.807, 2.05) is 7.05 Å². The highest BCUT2D eigenvalue weighted by Crippen LogP contribution is 2.23. The molecule has 17 heavy (non-hydrogen) atoms. The monoisotopic (exact) mass is 234 g/mol. The lowest BCUT2D eigenvalue weighted by Gasteiger charge is -2.16. The molecule has 0 radical (unpaired) electrons. The second-order valence-electron chi connectivity index (χ2n) is 4.24. The Bertz CT molecular complexity index is 339. The fraction of sp³-hybridized carbons (Fsp3) is 0.500. The van der Waals surface area contributed by atoms with E-state index in [-0.39, 0.29) is 0 Å². The molecule has 94 valence electrons. The van der Waals surface area contributed by atoms with Crippen LogP contribution < -0.4 is 10.6 Å². The molecule has 0 heterocycles. The van der Waals surface area contributed by atoms with Gasteiger partial charge in [0.15, 0.2) is 0 Å². The summed E-state index contributed by atoms with van der Waals surface area (Å²) in [4.78, 5) is 10.2. The zero-order valence-corrected chi connectivity index (χ0v) is 10.7. The van der Waals surface area contributed by atoms with Gasteiger partial charge in [0.05, 0.1) is 0 Å². The largest absolute Gasteiger partial charge is 0.359 e. The first-order valence-electron chi connectivity index (χ1n) is 6.22. The summed E-state index contributed by atoms with van der Waals surface area (Å²) < 4.78 is 0. The van der Waals surface area contributed by atoms with Gasteiger partial charge in [0.1, 0.15) is 0 Å². The average Bonchev–Trinajstić information content (AvgIpc) is 2.35. The summed E-state index contributed by atoms with van der Waals surface area (Å²) in [5.41, 5.74) is 2.68. The van der Waals surface area contributed by atoms with Gasteiger partial charge in [-0.05, 0) is 36.9 Å². The van der Waals surface area contributed by atoms with Crippen LogP contribution in [0.25, 0.3) is 0 Å². The van der Waals surface area contributed by atoms with Gasteiger partial charge < -0.3 is 10.6 Å². The van der Waals surface area contributed by atoms with Gasteiger partial charge in [0, 0.05) is 13.1 Å². The van der Waals surface area contributed by atoms with Gasteiger partial charge in [-0.25, -0.2) is 0 Å². The second-order valence-corrected chi connectivity index (χ2v) is 4.24. The van der Waals surface area contributed by atoms with Crippen LogP contribution >= 0.6 is 0 Å². The van der Waals surface area contributed by atoms with Crippen molar-refractivity contribution in [1.82, 2.24) is 10.6 Å². The highest BCUT2D eigenvalue weighted by atomic mass is 16.1. The first kappa shape index (κ1) is 13.7. The van der Waals surface area contributed by atoms with E-state index in [0.29, 0.717) is 5.92 Å². The molecule has 0 spiro atoms. The molecule has 0 aromatic heterocycles. The van der Waals surface area contributed by atoms with Crippen molar-refractivity contribution in [3.63, 3.8) is 0 Å². The van der Waals surface area contributed by atoms with Gasteiger partial charge in [0.2, 0.25) is 6.41 Å². The fourth-order valence-corrected chi connectivity index (χ4v) is 2.08. The number of benzene rings is 1. The third-order valence-electron chi connectivity index (χ3n) is 3.02. The molecule has 1 atom stereocenters. The second kappa shape index (κ2) is 7.85. The van der Waals surface area contributed by atoms with E-state index in [1.165, 1.54) is 11.1 Å². The first-order valence-corrected chi connectivity index (χ1v) is 6.22. The van der Waals surface area contributed by atoms with Crippen molar-refractivity contribution in [3.05, 3.63) is 35.4 Å². The molecular weight excluding hydrogens is 212 g/mol. The summed E-state index contributed by atoms with van der Waals surface area (Å²) in [6.07, 6.45) is 2.87. The van der Waals surface area contributed by atoms with Crippen molar-refractivity contribution in [2.24, 2.45) is 0 Å². The van der Waals surface area contributed by atoms with Crippen LogP contribution in [0.3, 0.4) is 0 Å². The maximum absolute atomic E-state index is 10.2. The van der Waals surface area contributed by atoms with E-state index in [0.717, 1.165) is 32.3 Å². The molecule has 1 unspecified atom stereocenters. The number of nitrogens with one attached hydrogen (secondary N) is 2. The van der Waals surface area contributed by atoms with E-state index >= 15 is 0 Å². The Labute approximate surface area is 104 Å². The molecular formula is C14H22N2O. The number of hydrogen-bond donors (Lipinski definition) is 2. The van der Waals surface area contributed by atoms with Crippen molar-refractivity contribution in [2.75, 3.05) is 13.6 Å². The third kappa shape index (κ3) is 4.57. The van der Waals surface area contributed by atoms with Crippen LogP contribution in [0.5, 0.6) is 0 Å². The number of amides is 1. The average molecular weight is 234 g/mol. The summed E-state index contributed by atoms with van der Waals surface area (Å²) in [6, 6.07) is 8.67. The molecule has 1 rings (SSSR count). The molecule has 2 N–H and O–H groups in total. The topological polar surface area (TPSA) is 41.1 Å². The van der Waals surface area contributed by atoms with Gasteiger partial charge in [-0.3, -0.25) is 4.79 Å². The Morgan fingerprint density at radius 1 is 1.41 bits per heavy atom. The van der Waals surface area contributed by atoms with E-state index < -0.39 is 0 Å². The Hall–Kier alpha value is -1.35. The maximum atomic E-state index is 10.2. The number of carbonyl (C=O) groups excluding carboxylic acids is 1. The molecule has 1 amide bonds. The van der Waals surface area contributed by atoms with Crippen LogP contribution in [-0.2, 0) is 11.3 Å². The summed E-state index contributed by atoms with van der Waals surface area (Å²) in [5, 5.41) is 5.89. The lowest BCUT2D eigenvalue weighted by molar-refractivity contribution is -0.109. The Balaban J connectivity index is 2.66. The molecule has 0 aliphatic carbocycles. The van der Waals surface area contributed by atoms with Gasteiger partial charge in [0.25, 0.3) is 0 Å². The molecule has 0 aliphatic rings.